The van der Waals surface area contributed by atoms with E-state index in [1.165, 1.54) is 266 Å². The van der Waals surface area contributed by atoms with E-state index in [9.17, 15) is 0 Å². The van der Waals surface area contributed by atoms with Gasteiger partial charge in [-0.2, -0.15) is 0 Å². The van der Waals surface area contributed by atoms with Crippen molar-refractivity contribution in [1.82, 2.24) is 0 Å². The summed E-state index contributed by atoms with van der Waals surface area (Å²) < 4.78 is 1.13. The van der Waals surface area contributed by atoms with Crippen molar-refractivity contribution in [2.24, 2.45) is 35.5 Å². The van der Waals surface area contributed by atoms with Gasteiger partial charge in [0, 0.05) is 43.7 Å². The molecule has 2 nitrogen and oxygen atoms in total. The number of benzene rings is 16. The van der Waals surface area contributed by atoms with Crippen molar-refractivity contribution in [2.75, 3.05) is 10.2 Å². The maximum absolute atomic E-state index is 3.70. The molecule has 1 N–H and O–H groups in total. The van der Waals surface area contributed by atoms with E-state index < -0.39 is 0 Å². The number of anilines is 5. The maximum atomic E-state index is 3.70. The van der Waals surface area contributed by atoms with Gasteiger partial charge in [0.1, 0.15) is 0 Å². The number of halogens is 1. The van der Waals surface area contributed by atoms with Crippen molar-refractivity contribution in [3.63, 3.8) is 0 Å². The predicted molar refractivity (Wildman–Crippen MR) is 549 cm³/mol. The van der Waals surface area contributed by atoms with Crippen molar-refractivity contribution in [2.45, 2.75) is 165 Å². The first-order valence-corrected chi connectivity index (χ1v) is 49.6. The SMILES string of the molecule is CC1(C)c2ccccc2-c2cc(Nc3ccc(-c4ccc(C56CC7CC(CC(C7)C5)C6)cc4)cc3)ccc21.Cc1ccc2c(c1)C1(c3ccccc3-c3cc(Br)ccc31)c1cc(C)ccc1-2.Cc1ccc2c(c1)C1(c3ccccc3-c3cc(N(c4ccc(-c5ccc(C67CC8CC(CC(C8)C6)C7)cc5)cc4)c4ccc5c(c4)-c4ccccc4C5(C)C)ccc31)c1cc(C)ccc1-2. The van der Waals surface area contributed by atoms with Gasteiger partial charge in [-0.15, -0.1) is 0 Å². The van der Waals surface area contributed by atoms with E-state index in [1.807, 2.05) is 0 Å². The van der Waals surface area contributed by atoms with Crippen LogP contribution in [0.4, 0.5) is 28.4 Å². The van der Waals surface area contributed by atoms with Crippen LogP contribution in [-0.2, 0) is 32.5 Å². The predicted octanol–water partition coefficient (Wildman–Crippen LogP) is 33.8. The molecule has 16 aromatic carbocycles. The van der Waals surface area contributed by atoms with Crippen LogP contribution in [0.1, 0.15) is 205 Å². The first-order chi connectivity index (χ1) is 63.7. The zero-order valence-electron chi connectivity index (χ0n) is 76.6. The molecule has 14 aliphatic rings. The average molecular weight is 1760 g/mol. The van der Waals surface area contributed by atoms with Crippen LogP contribution in [-0.4, -0.2) is 0 Å². The first-order valence-electron chi connectivity index (χ1n) is 48.8. The molecule has 0 radical (unpaired) electrons. The molecule has 8 bridgehead atoms. The second kappa shape index (κ2) is 29.3. The minimum atomic E-state index is -0.381. The molecular weight excluding hydrogens is 1650 g/mol. The Morgan fingerprint density at radius 3 is 0.908 bits per heavy atom. The number of fused-ring (bicyclic) bond motifs is 26. The van der Waals surface area contributed by atoms with E-state index in [0.717, 1.165) is 57.0 Å². The lowest BCUT2D eigenvalue weighted by Crippen LogP contribution is -2.48. The minimum absolute atomic E-state index is 0.0529. The molecule has 0 amide bonds. The molecular formula is C128H111BrN2. The molecule has 0 atom stereocenters. The van der Waals surface area contributed by atoms with Crippen LogP contribution in [0.25, 0.3) is 89.0 Å². The monoisotopic (exact) mass is 1750 g/mol. The van der Waals surface area contributed by atoms with Gasteiger partial charge in [-0.25, -0.2) is 0 Å². The van der Waals surface area contributed by atoms with Gasteiger partial charge in [-0.05, 0) is 391 Å². The summed E-state index contributed by atoms with van der Waals surface area (Å²) in [5.41, 5.74) is 52.6. The van der Waals surface area contributed by atoms with Crippen LogP contribution >= 0.6 is 15.9 Å². The highest BCUT2D eigenvalue weighted by atomic mass is 79.9. The quantitative estimate of drug-likeness (QED) is 0.155. The van der Waals surface area contributed by atoms with Gasteiger partial charge in [0.2, 0.25) is 0 Å². The van der Waals surface area contributed by atoms with Gasteiger partial charge in [0.05, 0.1) is 10.8 Å². The van der Waals surface area contributed by atoms with E-state index in [4.69, 9.17) is 0 Å². The standard InChI is InChI=1S/C64H55N.C37H37N.C27H19Br/c1-39-13-25-52-53-26-14-40(2)30-61(53)64(60(52)29-39)58-12-8-6-10-51(58)55-35-49(24-28-59(55)64)65(48-23-27-57-54(34-48)50-9-5-7-11-56(50)62(57,3)4)47-21-17-45(18-22-47)44-15-19-46(20-16-44)63-36-41-31-42(37-63)33-43(32-41)38-63;1-36(2)34-6-4-3-5-32(34)33-20-31(15-16-35(33)36)38-30-13-9-28(10-14-30)27-7-11-29(12-8-27)37-21-24-17-25(22-37)19-26(18-24)23-37;1-16-7-10-20-21-11-8-17(2)14-26(21)27(25(20)13-16)23-6-4-3-5-19(23)22-15-18(28)9-12-24(22)27/h5-30,34-35,41-43H,31-33,36-38H2,1-4H3;3-16,20,24-26,38H,17-19,21-23H2,1-2H3;3-15H,1-2H3. The highest BCUT2D eigenvalue weighted by Crippen LogP contribution is 2.68. The zero-order valence-corrected chi connectivity index (χ0v) is 78.2. The molecule has 8 fully saturated rings. The number of aryl methyl sites for hydroxylation is 4. The van der Waals surface area contributed by atoms with E-state index in [0.29, 0.717) is 10.8 Å². The van der Waals surface area contributed by atoms with Gasteiger partial charge >= 0.3 is 0 Å². The maximum Gasteiger partial charge on any atom is 0.0725 e. The summed E-state index contributed by atoms with van der Waals surface area (Å²) >= 11 is 3.70. The Morgan fingerprint density at radius 1 is 0.237 bits per heavy atom. The van der Waals surface area contributed by atoms with E-state index >= 15 is 0 Å². The highest BCUT2D eigenvalue weighted by Gasteiger charge is 2.57. The third-order valence-corrected chi connectivity index (χ3v) is 35.1. The molecule has 0 unspecified atom stereocenters. The van der Waals surface area contributed by atoms with Crippen LogP contribution in [0.3, 0.4) is 0 Å². The van der Waals surface area contributed by atoms with E-state index in [-0.39, 0.29) is 21.7 Å². The smallest absolute Gasteiger partial charge is 0.0725 e. The van der Waals surface area contributed by atoms with Crippen molar-refractivity contribution in [3.05, 3.63) is 444 Å². The Morgan fingerprint density at radius 2 is 0.511 bits per heavy atom. The number of hydrogen-bond acceptors (Lipinski definition) is 2. The fourth-order valence-electron chi connectivity index (χ4n) is 29.7. The summed E-state index contributed by atoms with van der Waals surface area (Å²) in [6.07, 6.45) is 17.5. The fourth-order valence-corrected chi connectivity index (χ4v) is 30.1. The molecule has 640 valence electrons. The molecule has 0 aliphatic heterocycles. The van der Waals surface area contributed by atoms with Gasteiger partial charge in [0.15, 0.2) is 0 Å². The fraction of sp³-hybridized carbons (Fsp3) is 0.250. The molecule has 0 saturated heterocycles. The van der Waals surface area contributed by atoms with Gasteiger partial charge in [-0.3, -0.25) is 0 Å². The highest BCUT2D eigenvalue weighted by molar-refractivity contribution is 9.10. The molecule has 14 aliphatic carbocycles. The van der Waals surface area contributed by atoms with Crippen LogP contribution < -0.4 is 10.2 Å². The third kappa shape index (κ3) is 12.0. The molecule has 131 heavy (non-hydrogen) atoms. The van der Waals surface area contributed by atoms with Gasteiger partial charge in [-0.1, -0.05) is 333 Å². The molecule has 3 heteroatoms. The summed E-state index contributed by atoms with van der Waals surface area (Å²) in [5, 5.41) is 3.65. The molecule has 30 rings (SSSR count). The van der Waals surface area contributed by atoms with Crippen LogP contribution in [0.2, 0.25) is 0 Å². The first kappa shape index (κ1) is 79.5. The Labute approximate surface area is 782 Å². The Kier molecular flexibility index (Phi) is 17.8. The summed E-state index contributed by atoms with van der Waals surface area (Å²) in [6.45, 7) is 18.3. The summed E-state index contributed by atoms with van der Waals surface area (Å²) in [4.78, 5) is 2.51. The Hall–Kier alpha value is -12.4. The van der Waals surface area contributed by atoms with E-state index in [1.54, 1.807) is 11.1 Å². The Bertz CT molecular complexity index is 7260. The second-order valence-electron chi connectivity index (χ2n) is 43.2. The van der Waals surface area contributed by atoms with Crippen LogP contribution in [0, 0.1) is 63.2 Å². The summed E-state index contributed by atoms with van der Waals surface area (Å²) in [5.74, 6) is 5.84. The van der Waals surface area contributed by atoms with Gasteiger partial charge in [0.25, 0.3) is 0 Å². The third-order valence-electron chi connectivity index (χ3n) is 34.6. The van der Waals surface area contributed by atoms with Crippen molar-refractivity contribution >= 4 is 44.4 Å². The molecule has 2 spiro atoms. The largest absolute Gasteiger partial charge is 0.356 e. The topological polar surface area (TPSA) is 15.3 Å². The number of rotatable bonds is 9. The van der Waals surface area contributed by atoms with Gasteiger partial charge < -0.3 is 10.2 Å². The lowest BCUT2D eigenvalue weighted by atomic mass is 9.48. The summed E-state index contributed by atoms with van der Waals surface area (Å²) in [7, 11) is 0. The lowest BCUT2D eigenvalue weighted by Gasteiger charge is -2.57. The molecule has 0 aromatic heterocycles. The van der Waals surface area contributed by atoms with E-state index in [2.05, 4.69) is 421 Å². The normalized spacial score (nSPS) is 22.3. The zero-order chi connectivity index (χ0) is 87.9. The van der Waals surface area contributed by atoms with Crippen LogP contribution in [0.5, 0.6) is 0 Å². The van der Waals surface area contributed by atoms with Crippen LogP contribution in [0.15, 0.2) is 344 Å². The minimum Gasteiger partial charge on any atom is -0.356 e. The van der Waals surface area contributed by atoms with Crippen molar-refractivity contribution in [3.8, 4) is 89.0 Å². The number of nitrogens with zero attached hydrogens (tertiary/aromatic N) is 1. The lowest BCUT2D eigenvalue weighted by molar-refractivity contribution is -0.00530. The van der Waals surface area contributed by atoms with Crippen molar-refractivity contribution < 1.29 is 0 Å². The average Bonchev–Trinajstić information content (AvgIpc) is 1.51. The van der Waals surface area contributed by atoms with Crippen molar-refractivity contribution in [1.29, 1.82) is 0 Å². The number of hydrogen-bond donors (Lipinski definition) is 1. The Balaban J connectivity index is 0.000000115. The molecule has 0 heterocycles. The molecule has 8 saturated carbocycles. The molecule has 16 aromatic rings. The summed E-state index contributed by atoms with van der Waals surface area (Å²) in [6, 6.07) is 130. The number of nitrogens with one attached hydrogen (secondary N) is 1. The second-order valence-corrected chi connectivity index (χ2v) is 44.1.